The number of benzene rings is 2. The van der Waals surface area contributed by atoms with Crippen LogP contribution in [-0.2, 0) is 19.4 Å². The molecule has 3 rings (SSSR count). The first-order chi connectivity index (χ1) is 11.2. The second-order valence-corrected chi connectivity index (χ2v) is 6.53. The van der Waals surface area contributed by atoms with Gasteiger partial charge in [-0.05, 0) is 42.0 Å². The van der Waals surface area contributed by atoms with Crippen LogP contribution in [0, 0.1) is 5.92 Å². The maximum Gasteiger partial charge on any atom is 0.0946 e. The highest BCUT2D eigenvalue weighted by molar-refractivity contribution is 6.31. The third kappa shape index (κ3) is 4.37. The Bertz CT molecular complexity index is 706. The molecular weight excluding hydrogens is 327 g/mol. The molecule has 0 saturated carbocycles. The van der Waals surface area contributed by atoms with Crippen molar-refractivity contribution in [3.05, 3.63) is 88.4 Å². The lowest BCUT2D eigenvalue weighted by Crippen LogP contribution is -2.16. The minimum atomic E-state index is 0.393. The van der Waals surface area contributed by atoms with Crippen molar-refractivity contribution in [1.82, 2.24) is 9.55 Å². The molecule has 0 bridgehead atoms. The molecule has 0 radical (unpaired) electrons. The molecule has 2 aromatic carbocycles. The van der Waals surface area contributed by atoms with Crippen LogP contribution in [0.25, 0.3) is 0 Å². The predicted molar refractivity (Wildman–Crippen MR) is 96.0 cm³/mol. The smallest absolute Gasteiger partial charge is 0.0946 e. The van der Waals surface area contributed by atoms with Crippen LogP contribution in [0.15, 0.2) is 67.3 Å². The summed E-state index contributed by atoms with van der Waals surface area (Å²) in [7, 11) is 0. The van der Waals surface area contributed by atoms with Gasteiger partial charge in [-0.25, -0.2) is 4.98 Å². The zero-order valence-electron chi connectivity index (χ0n) is 12.7. The van der Waals surface area contributed by atoms with Crippen LogP contribution < -0.4 is 0 Å². The molecule has 1 heterocycles. The van der Waals surface area contributed by atoms with Crippen LogP contribution in [0.5, 0.6) is 0 Å². The van der Waals surface area contributed by atoms with Gasteiger partial charge in [0.05, 0.1) is 6.33 Å². The maximum absolute atomic E-state index is 6.34. The van der Waals surface area contributed by atoms with Crippen molar-refractivity contribution in [3.63, 3.8) is 0 Å². The van der Waals surface area contributed by atoms with Crippen LogP contribution in [-0.4, -0.2) is 9.55 Å². The first-order valence-corrected chi connectivity index (χ1v) is 8.40. The molecule has 2 nitrogen and oxygen atoms in total. The molecule has 1 aromatic heterocycles. The second kappa shape index (κ2) is 7.67. The van der Waals surface area contributed by atoms with E-state index >= 15 is 0 Å². The average molecular weight is 345 g/mol. The van der Waals surface area contributed by atoms with E-state index in [1.54, 1.807) is 0 Å². The zero-order chi connectivity index (χ0) is 16.1. The highest BCUT2D eigenvalue weighted by Gasteiger charge is 2.15. The fourth-order valence-electron chi connectivity index (χ4n) is 2.84. The second-order valence-electron chi connectivity index (χ2n) is 5.72. The Hall–Kier alpha value is -1.77. The van der Waals surface area contributed by atoms with Gasteiger partial charge in [0.1, 0.15) is 0 Å². The summed E-state index contributed by atoms with van der Waals surface area (Å²) in [5.41, 5.74) is 2.35. The van der Waals surface area contributed by atoms with Gasteiger partial charge in [0.15, 0.2) is 0 Å². The number of rotatable bonds is 6. The zero-order valence-corrected chi connectivity index (χ0v) is 14.2. The van der Waals surface area contributed by atoms with E-state index < -0.39 is 0 Å². The molecule has 0 unspecified atom stereocenters. The Balaban J connectivity index is 1.81. The van der Waals surface area contributed by atoms with Gasteiger partial charge in [0.2, 0.25) is 0 Å². The normalized spacial score (nSPS) is 11.1. The standard InChI is InChI=1S/C19H18Cl2N2/c20-18-7-3-1-5-16(18)11-15(13-23-10-9-22-14-23)12-17-6-2-4-8-19(17)21/h1-10,14-15H,11-13H2. The fourth-order valence-corrected chi connectivity index (χ4v) is 3.27. The Labute approximate surface area is 146 Å². The van der Waals surface area contributed by atoms with E-state index in [0.29, 0.717) is 5.92 Å². The van der Waals surface area contributed by atoms with E-state index in [-0.39, 0.29) is 0 Å². The van der Waals surface area contributed by atoms with Crippen molar-refractivity contribution in [2.45, 2.75) is 19.4 Å². The number of nitrogens with zero attached hydrogens (tertiary/aromatic N) is 2. The Morgan fingerprint density at radius 2 is 1.43 bits per heavy atom. The van der Waals surface area contributed by atoms with E-state index in [9.17, 15) is 0 Å². The highest BCUT2D eigenvalue weighted by atomic mass is 35.5. The van der Waals surface area contributed by atoms with Crippen LogP contribution in [0.1, 0.15) is 11.1 Å². The topological polar surface area (TPSA) is 17.8 Å². The minimum Gasteiger partial charge on any atom is -0.337 e. The molecule has 3 aromatic rings. The number of halogens is 2. The molecule has 0 aliphatic carbocycles. The minimum absolute atomic E-state index is 0.393. The van der Waals surface area contributed by atoms with Crippen molar-refractivity contribution in [2.24, 2.45) is 5.92 Å². The third-order valence-corrected chi connectivity index (χ3v) is 4.70. The Morgan fingerprint density at radius 3 is 1.91 bits per heavy atom. The molecule has 0 aliphatic rings. The Morgan fingerprint density at radius 1 is 0.870 bits per heavy atom. The molecule has 0 atom stereocenters. The summed E-state index contributed by atoms with van der Waals surface area (Å²) in [5.74, 6) is 0.393. The summed E-state index contributed by atoms with van der Waals surface area (Å²) < 4.78 is 2.11. The van der Waals surface area contributed by atoms with Crippen molar-refractivity contribution >= 4 is 23.2 Å². The van der Waals surface area contributed by atoms with E-state index in [4.69, 9.17) is 23.2 Å². The molecule has 0 aliphatic heterocycles. The first-order valence-electron chi connectivity index (χ1n) is 7.65. The SMILES string of the molecule is Clc1ccccc1CC(Cc1ccccc1Cl)Cn1ccnc1. The Kier molecular flexibility index (Phi) is 5.37. The molecule has 0 spiro atoms. The van der Waals surface area contributed by atoms with Crippen molar-refractivity contribution in [2.75, 3.05) is 0 Å². The average Bonchev–Trinajstić information content (AvgIpc) is 3.05. The summed E-state index contributed by atoms with van der Waals surface area (Å²) in [6.45, 7) is 0.885. The highest BCUT2D eigenvalue weighted by Crippen LogP contribution is 2.25. The maximum atomic E-state index is 6.34. The summed E-state index contributed by atoms with van der Waals surface area (Å²) in [6, 6.07) is 16.1. The molecule has 0 saturated heterocycles. The molecule has 118 valence electrons. The summed E-state index contributed by atoms with van der Waals surface area (Å²) >= 11 is 12.7. The molecular formula is C19H18Cl2N2. The lowest BCUT2D eigenvalue weighted by Gasteiger charge is -2.19. The van der Waals surface area contributed by atoms with E-state index in [2.05, 4.69) is 21.7 Å². The van der Waals surface area contributed by atoms with Gasteiger partial charge < -0.3 is 4.57 Å². The van der Waals surface area contributed by atoms with Crippen LogP contribution in [0.4, 0.5) is 0 Å². The van der Waals surface area contributed by atoms with Crippen molar-refractivity contribution in [1.29, 1.82) is 0 Å². The van der Waals surface area contributed by atoms with Gasteiger partial charge in [-0.1, -0.05) is 59.6 Å². The summed E-state index contributed by atoms with van der Waals surface area (Å²) in [5, 5.41) is 1.64. The van der Waals surface area contributed by atoms with Gasteiger partial charge in [0, 0.05) is 29.0 Å². The molecule has 0 amide bonds. The van der Waals surface area contributed by atoms with E-state index in [1.807, 2.05) is 55.1 Å². The third-order valence-electron chi connectivity index (χ3n) is 3.96. The fraction of sp³-hybridized carbons (Fsp3) is 0.211. The molecule has 23 heavy (non-hydrogen) atoms. The van der Waals surface area contributed by atoms with Gasteiger partial charge in [-0.3, -0.25) is 0 Å². The molecule has 4 heteroatoms. The predicted octanol–water partition coefficient (Wildman–Crippen LogP) is 5.29. The number of hydrogen-bond acceptors (Lipinski definition) is 1. The number of imidazole rings is 1. The summed E-state index contributed by atoms with van der Waals surface area (Å²) in [4.78, 5) is 4.14. The van der Waals surface area contributed by atoms with E-state index in [0.717, 1.165) is 29.4 Å². The summed E-state index contributed by atoms with van der Waals surface area (Å²) in [6.07, 6.45) is 7.46. The van der Waals surface area contributed by atoms with Crippen LogP contribution in [0.3, 0.4) is 0 Å². The van der Waals surface area contributed by atoms with Crippen molar-refractivity contribution < 1.29 is 0 Å². The van der Waals surface area contributed by atoms with Gasteiger partial charge >= 0.3 is 0 Å². The van der Waals surface area contributed by atoms with Crippen LogP contribution >= 0.6 is 23.2 Å². The van der Waals surface area contributed by atoms with Crippen molar-refractivity contribution in [3.8, 4) is 0 Å². The van der Waals surface area contributed by atoms with Gasteiger partial charge in [-0.2, -0.15) is 0 Å². The van der Waals surface area contributed by atoms with Gasteiger partial charge in [0.25, 0.3) is 0 Å². The lowest BCUT2D eigenvalue weighted by atomic mass is 9.92. The number of hydrogen-bond donors (Lipinski definition) is 0. The molecule has 0 fully saturated rings. The molecule has 0 N–H and O–H groups in total. The first kappa shape index (κ1) is 16.1. The quantitative estimate of drug-likeness (QED) is 0.593. The largest absolute Gasteiger partial charge is 0.337 e. The van der Waals surface area contributed by atoms with Gasteiger partial charge in [-0.15, -0.1) is 0 Å². The monoisotopic (exact) mass is 344 g/mol. The lowest BCUT2D eigenvalue weighted by molar-refractivity contribution is 0.438. The number of aromatic nitrogens is 2. The van der Waals surface area contributed by atoms with Crippen LogP contribution in [0.2, 0.25) is 10.0 Å². The van der Waals surface area contributed by atoms with E-state index in [1.165, 1.54) is 11.1 Å².